The van der Waals surface area contributed by atoms with Gasteiger partial charge in [0.2, 0.25) is 0 Å². The van der Waals surface area contributed by atoms with E-state index < -0.39 is 0 Å². The van der Waals surface area contributed by atoms with Gasteiger partial charge in [0.25, 0.3) is 0 Å². The third-order valence-corrected chi connectivity index (χ3v) is 4.38. The molecule has 160 valence electrons. The Bertz CT molecular complexity index is 784. The van der Waals surface area contributed by atoms with Gasteiger partial charge in [-0.25, -0.2) is 0 Å². The fraction of sp³-hybridized carbons (Fsp3) is 0.267. The molecule has 0 amide bonds. The molecule has 3 aromatic carbocycles. The van der Waals surface area contributed by atoms with Crippen LogP contribution in [0.25, 0.3) is 11.1 Å². The summed E-state index contributed by atoms with van der Waals surface area (Å²) in [5.74, 6) is 0. The first-order valence-corrected chi connectivity index (χ1v) is 11.2. The van der Waals surface area contributed by atoms with Crippen molar-refractivity contribution in [3.8, 4) is 0 Å². The van der Waals surface area contributed by atoms with Crippen molar-refractivity contribution in [1.29, 1.82) is 0 Å². The molecule has 0 bridgehead atoms. The summed E-state index contributed by atoms with van der Waals surface area (Å²) in [4.78, 5) is 0. The fourth-order valence-corrected chi connectivity index (χ4v) is 2.72. The molecule has 0 atom stereocenters. The van der Waals surface area contributed by atoms with Crippen LogP contribution in [0.1, 0.15) is 74.9 Å². The zero-order valence-electron chi connectivity index (χ0n) is 20.3. The van der Waals surface area contributed by atoms with Crippen LogP contribution in [0.5, 0.6) is 0 Å². The van der Waals surface area contributed by atoms with Crippen molar-refractivity contribution in [3.05, 3.63) is 119 Å². The minimum Gasteiger partial charge on any atom is -0.0906 e. The standard InChI is InChI=1S/C24H22.3C2H6/c1-17-5-9-21(10-6-17)19(3)23-13-15-24(16-14-23)20(4)22-11-7-18(2)8-12-22;3*1-2/h5-16H,3-4H2,1-2H3;3*1-2H3. The second-order valence-corrected chi connectivity index (χ2v) is 6.27. The van der Waals surface area contributed by atoms with E-state index in [0.29, 0.717) is 0 Å². The highest BCUT2D eigenvalue weighted by Crippen LogP contribution is 2.26. The van der Waals surface area contributed by atoms with E-state index in [1.807, 2.05) is 41.5 Å². The monoisotopic (exact) mass is 400 g/mol. The van der Waals surface area contributed by atoms with Gasteiger partial charge in [-0.05, 0) is 47.2 Å². The van der Waals surface area contributed by atoms with Crippen LogP contribution in [0.4, 0.5) is 0 Å². The molecule has 0 aliphatic rings. The molecule has 0 aliphatic heterocycles. The first-order chi connectivity index (χ1) is 14.5. The number of aryl methyl sites for hydroxylation is 2. The molecule has 3 rings (SSSR count). The Morgan fingerprint density at radius 3 is 0.767 bits per heavy atom. The molecule has 0 aliphatic carbocycles. The van der Waals surface area contributed by atoms with Crippen molar-refractivity contribution in [1.82, 2.24) is 0 Å². The number of rotatable bonds is 4. The Morgan fingerprint density at radius 2 is 0.567 bits per heavy atom. The molecule has 0 nitrogen and oxygen atoms in total. The highest BCUT2D eigenvalue weighted by molar-refractivity contribution is 5.82. The van der Waals surface area contributed by atoms with Gasteiger partial charge in [-0.15, -0.1) is 0 Å². The average Bonchev–Trinajstić information content (AvgIpc) is 2.83. The van der Waals surface area contributed by atoms with E-state index in [9.17, 15) is 0 Å². The normalized spacial score (nSPS) is 8.93. The van der Waals surface area contributed by atoms with Crippen LogP contribution < -0.4 is 0 Å². The maximum Gasteiger partial charge on any atom is -0.0183 e. The lowest BCUT2D eigenvalue weighted by Crippen LogP contribution is -1.90. The van der Waals surface area contributed by atoms with E-state index in [2.05, 4.69) is 99.8 Å². The van der Waals surface area contributed by atoms with Crippen LogP contribution in [0.2, 0.25) is 0 Å². The lowest BCUT2D eigenvalue weighted by molar-refractivity contribution is 1.44. The zero-order valence-corrected chi connectivity index (χ0v) is 20.3. The van der Waals surface area contributed by atoms with Crippen molar-refractivity contribution < 1.29 is 0 Å². The SMILES string of the molecule is C=C(c1ccc(C)cc1)c1ccc(C(=C)c2ccc(C)cc2)cc1.CC.CC.CC. The molecule has 0 N–H and O–H groups in total. The van der Waals surface area contributed by atoms with Gasteiger partial charge in [0.1, 0.15) is 0 Å². The van der Waals surface area contributed by atoms with Gasteiger partial charge < -0.3 is 0 Å². The predicted octanol–water partition coefficient (Wildman–Crippen LogP) is 9.51. The second-order valence-electron chi connectivity index (χ2n) is 6.27. The maximum absolute atomic E-state index is 4.24. The second kappa shape index (κ2) is 15.0. The molecule has 0 saturated heterocycles. The number of hydrogen-bond donors (Lipinski definition) is 0. The van der Waals surface area contributed by atoms with Gasteiger partial charge in [0.15, 0.2) is 0 Å². The molecular formula is C30H40. The van der Waals surface area contributed by atoms with E-state index in [1.165, 1.54) is 11.1 Å². The summed E-state index contributed by atoms with van der Waals surface area (Å²) in [6.07, 6.45) is 0. The third kappa shape index (κ3) is 7.87. The number of benzene rings is 3. The van der Waals surface area contributed by atoms with E-state index in [0.717, 1.165) is 33.4 Å². The van der Waals surface area contributed by atoms with Gasteiger partial charge >= 0.3 is 0 Å². The average molecular weight is 401 g/mol. The van der Waals surface area contributed by atoms with Crippen molar-refractivity contribution in [2.75, 3.05) is 0 Å². The molecule has 0 heteroatoms. The van der Waals surface area contributed by atoms with Crippen molar-refractivity contribution in [3.63, 3.8) is 0 Å². The van der Waals surface area contributed by atoms with Gasteiger partial charge in [-0.1, -0.05) is 139 Å². The van der Waals surface area contributed by atoms with Crippen molar-refractivity contribution in [2.24, 2.45) is 0 Å². The Kier molecular flexibility index (Phi) is 13.6. The molecule has 0 saturated carbocycles. The Morgan fingerprint density at radius 1 is 0.400 bits per heavy atom. The lowest BCUT2D eigenvalue weighted by atomic mass is 9.94. The highest BCUT2D eigenvalue weighted by atomic mass is 14.1. The smallest absolute Gasteiger partial charge is 0.0183 e. The number of hydrogen-bond acceptors (Lipinski definition) is 0. The van der Waals surface area contributed by atoms with Crippen LogP contribution in [-0.2, 0) is 0 Å². The van der Waals surface area contributed by atoms with Gasteiger partial charge in [0, 0.05) is 0 Å². The maximum atomic E-state index is 4.24. The summed E-state index contributed by atoms with van der Waals surface area (Å²) in [7, 11) is 0. The Hall–Kier alpha value is -2.86. The Balaban J connectivity index is 0.00000129. The summed E-state index contributed by atoms with van der Waals surface area (Å²) < 4.78 is 0. The van der Waals surface area contributed by atoms with Crippen LogP contribution in [0.3, 0.4) is 0 Å². The van der Waals surface area contributed by atoms with Gasteiger partial charge in [0.05, 0.1) is 0 Å². The zero-order chi connectivity index (χ0) is 23.1. The quantitative estimate of drug-likeness (QED) is 0.409. The van der Waals surface area contributed by atoms with Gasteiger partial charge in [-0.3, -0.25) is 0 Å². The molecule has 0 aromatic heterocycles. The molecule has 0 fully saturated rings. The van der Waals surface area contributed by atoms with E-state index >= 15 is 0 Å². The van der Waals surface area contributed by atoms with Crippen molar-refractivity contribution >= 4 is 11.1 Å². The summed E-state index contributed by atoms with van der Waals surface area (Å²) in [6, 6.07) is 25.5. The van der Waals surface area contributed by atoms with Crippen LogP contribution in [0.15, 0.2) is 86.0 Å². The molecule has 30 heavy (non-hydrogen) atoms. The summed E-state index contributed by atoms with van der Waals surface area (Å²) in [6.45, 7) is 24.7. The van der Waals surface area contributed by atoms with E-state index in [-0.39, 0.29) is 0 Å². The summed E-state index contributed by atoms with van der Waals surface area (Å²) >= 11 is 0. The minimum atomic E-state index is 1.04. The van der Waals surface area contributed by atoms with E-state index in [4.69, 9.17) is 0 Å². The minimum absolute atomic E-state index is 1.04. The van der Waals surface area contributed by atoms with E-state index in [1.54, 1.807) is 0 Å². The van der Waals surface area contributed by atoms with Crippen LogP contribution in [0, 0.1) is 13.8 Å². The van der Waals surface area contributed by atoms with Crippen molar-refractivity contribution in [2.45, 2.75) is 55.4 Å². The molecule has 0 spiro atoms. The molecular weight excluding hydrogens is 360 g/mol. The van der Waals surface area contributed by atoms with Crippen LogP contribution in [-0.4, -0.2) is 0 Å². The Labute approximate surface area is 186 Å². The molecule has 0 radical (unpaired) electrons. The first-order valence-electron chi connectivity index (χ1n) is 11.2. The molecule has 0 heterocycles. The molecule has 3 aromatic rings. The van der Waals surface area contributed by atoms with Crippen LogP contribution >= 0.6 is 0 Å². The molecule has 0 unspecified atom stereocenters. The third-order valence-electron chi connectivity index (χ3n) is 4.38. The van der Waals surface area contributed by atoms with Gasteiger partial charge in [-0.2, -0.15) is 0 Å². The first kappa shape index (κ1) is 27.1. The topological polar surface area (TPSA) is 0 Å². The fourth-order valence-electron chi connectivity index (χ4n) is 2.72. The largest absolute Gasteiger partial charge is 0.0906 e. The lowest BCUT2D eigenvalue weighted by Gasteiger charge is -2.10. The summed E-state index contributed by atoms with van der Waals surface area (Å²) in [5.41, 5.74) is 9.20. The predicted molar refractivity (Wildman–Crippen MR) is 139 cm³/mol. The highest BCUT2D eigenvalue weighted by Gasteiger charge is 2.05. The summed E-state index contributed by atoms with van der Waals surface area (Å²) in [5, 5.41) is 0.